The molecule has 0 atom stereocenters. The summed E-state index contributed by atoms with van der Waals surface area (Å²) in [6, 6.07) is 2.21. The summed E-state index contributed by atoms with van der Waals surface area (Å²) in [7, 11) is 0. The zero-order chi connectivity index (χ0) is 10.5. The van der Waals surface area contributed by atoms with Gasteiger partial charge in [-0.15, -0.1) is 0 Å². The van der Waals surface area contributed by atoms with Crippen LogP contribution >= 0.6 is 0 Å². The molecular formula is C10H16N4O. The molecule has 1 saturated heterocycles. The lowest BCUT2D eigenvalue weighted by Crippen LogP contribution is -2.34. The van der Waals surface area contributed by atoms with Crippen LogP contribution in [0.3, 0.4) is 0 Å². The van der Waals surface area contributed by atoms with Gasteiger partial charge >= 0.3 is 0 Å². The second-order valence-electron chi connectivity index (χ2n) is 3.67. The lowest BCUT2D eigenvalue weighted by molar-refractivity contribution is 0.0774. The molecule has 5 heteroatoms. The van der Waals surface area contributed by atoms with E-state index in [2.05, 4.69) is 15.3 Å². The Hall–Kier alpha value is -1.20. The third kappa shape index (κ3) is 3.14. The number of nitrogens with two attached hydrogens (primary N) is 1. The number of nitrogens with zero attached hydrogens (tertiary/aromatic N) is 2. The molecule has 0 unspecified atom stereocenters. The summed E-state index contributed by atoms with van der Waals surface area (Å²) < 4.78 is 5.28. The summed E-state index contributed by atoms with van der Waals surface area (Å²) in [4.78, 5) is 8.27. The van der Waals surface area contributed by atoms with Crippen LogP contribution in [0.25, 0.3) is 0 Å². The van der Waals surface area contributed by atoms with E-state index in [0.29, 0.717) is 18.4 Å². The molecule has 2 heterocycles. The predicted molar refractivity (Wildman–Crippen MR) is 57.1 cm³/mol. The van der Waals surface area contributed by atoms with Gasteiger partial charge in [0.05, 0.1) is 6.54 Å². The van der Waals surface area contributed by atoms with Gasteiger partial charge in [0.15, 0.2) is 0 Å². The minimum atomic E-state index is 0.517. The zero-order valence-corrected chi connectivity index (χ0v) is 8.65. The molecule has 3 N–H and O–H groups in total. The number of hydrogen-bond donors (Lipinski definition) is 2. The monoisotopic (exact) mass is 208 g/mol. The summed E-state index contributed by atoms with van der Waals surface area (Å²) in [5, 5.41) is 3.40. The fourth-order valence-electron chi connectivity index (χ4n) is 1.64. The first kappa shape index (κ1) is 10.3. The van der Waals surface area contributed by atoms with Crippen molar-refractivity contribution < 1.29 is 4.74 Å². The van der Waals surface area contributed by atoms with Crippen molar-refractivity contribution in [3.63, 3.8) is 0 Å². The molecule has 0 amide bonds. The molecule has 1 aliphatic heterocycles. The Morgan fingerprint density at radius 2 is 2.27 bits per heavy atom. The maximum absolute atomic E-state index is 5.57. The lowest BCUT2D eigenvalue weighted by atomic mass is 10.1. The van der Waals surface area contributed by atoms with Gasteiger partial charge in [-0.05, 0) is 18.9 Å². The molecule has 0 aliphatic carbocycles. The van der Waals surface area contributed by atoms with Crippen LogP contribution in [-0.2, 0) is 11.3 Å². The van der Waals surface area contributed by atoms with E-state index >= 15 is 0 Å². The topological polar surface area (TPSA) is 73.1 Å². The van der Waals surface area contributed by atoms with Crippen molar-refractivity contribution in [2.75, 3.05) is 18.9 Å². The largest absolute Gasteiger partial charge is 0.384 e. The first-order chi connectivity index (χ1) is 7.34. The average Bonchev–Trinajstić information content (AvgIpc) is 2.28. The van der Waals surface area contributed by atoms with Crippen LogP contribution < -0.4 is 11.1 Å². The van der Waals surface area contributed by atoms with E-state index in [9.17, 15) is 0 Å². The lowest BCUT2D eigenvalue weighted by Gasteiger charge is -2.22. The number of aromatic nitrogens is 2. The Labute approximate surface area is 89.1 Å². The van der Waals surface area contributed by atoms with Crippen molar-refractivity contribution in [3.05, 3.63) is 18.1 Å². The zero-order valence-electron chi connectivity index (χ0n) is 8.65. The summed E-state index contributed by atoms with van der Waals surface area (Å²) in [5.74, 6) is 1.27. The summed E-state index contributed by atoms with van der Waals surface area (Å²) in [6.45, 7) is 2.36. The Kier molecular flexibility index (Phi) is 3.47. The molecule has 2 rings (SSSR count). The Balaban J connectivity index is 1.81. The molecule has 0 aromatic carbocycles. The smallest absolute Gasteiger partial charge is 0.144 e. The molecule has 0 radical (unpaired) electrons. The Morgan fingerprint density at radius 1 is 1.47 bits per heavy atom. The van der Waals surface area contributed by atoms with E-state index in [1.165, 1.54) is 0 Å². The van der Waals surface area contributed by atoms with Crippen molar-refractivity contribution >= 4 is 5.82 Å². The fourth-order valence-corrected chi connectivity index (χ4v) is 1.64. The minimum Gasteiger partial charge on any atom is -0.384 e. The standard InChI is InChI=1S/C10H16N4O/c11-9-1-4-12-10(14-9)7-13-8-2-5-15-6-3-8/h1,4,8,13H,2-3,5-7H2,(H2,11,12,14). The van der Waals surface area contributed by atoms with E-state index in [1.807, 2.05) is 0 Å². The van der Waals surface area contributed by atoms with Crippen LogP contribution in [0.1, 0.15) is 18.7 Å². The van der Waals surface area contributed by atoms with E-state index in [4.69, 9.17) is 10.5 Å². The van der Waals surface area contributed by atoms with Crippen LogP contribution in [0.2, 0.25) is 0 Å². The van der Waals surface area contributed by atoms with Crippen LogP contribution in [-0.4, -0.2) is 29.2 Å². The number of hydrogen-bond acceptors (Lipinski definition) is 5. The molecule has 0 saturated carbocycles. The van der Waals surface area contributed by atoms with E-state index in [-0.39, 0.29) is 0 Å². The fraction of sp³-hybridized carbons (Fsp3) is 0.600. The number of nitrogen functional groups attached to an aromatic ring is 1. The SMILES string of the molecule is Nc1ccnc(CNC2CCOCC2)n1. The van der Waals surface area contributed by atoms with Gasteiger partial charge in [0, 0.05) is 25.5 Å². The maximum atomic E-state index is 5.57. The summed E-state index contributed by atoms with van der Waals surface area (Å²) in [6.07, 6.45) is 3.80. The minimum absolute atomic E-state index is 0.517. The first-order valence-electron chi connectivity index (χ1n) is 5.23. The van der Waals surface area contributed by atoms with Crippen LogP contribution in [0, 0.1) is 0 Å². The van der Waals surface area contributed by atoms with Gasteiger partial charge in [0.2, 0.25) is 0 Å². The van der Waals surface area contributed by atoms with Crippen LogP contribution in [0.5, 0.6) is 0 Å². The van der Waals surface area contributed by atoms with E-state index < -0.39 is 0 Å². The summed E-state index contributed by atoms with van der Waals surface area (Å²) >= 11 is 0. The quantitative estimate of drug-likeness (QED) is 0.748. The van der Waals surface area contributed by atoms with Crippen molar-refractivity contribution in [1.29, 1.82) is 0 Å². The van der Waals surface area contributed by atoms with Gasteiger partial charge in [0.25, 0.3) is 0 Å². The van der Waals surface area contributed by atoms with Crippen LogP contribution in [0.4, 0.5) is 5.82 Å². The molecule has 1 fully saturated rings. The molecule has 15 heavy (non-hydrogen) atoms. The van der Waals surface area contributed by atoms with Gasteiger partial charge in [-0.3, -0.25) is 0 Å². The van der Waals surface area contributed by atoms with Gasteiger partial charge in [-0.1, -0.05) is 0 Å². The van der Waals surface area contributed by atoms with E-state index in [0.717, 1.165) is 31.9 Å². The van der Waals surface area contributed by atoms with Gasteiger partial charge in [0.1, 0.15) is 11.6 Å². The third-order valence-electron chi connectivity index (χ3n) is 2.50. The Bertz CT molecular complexity index is 312. The molecule has 1 aliphatic rings. The predicted octanol–water partition coefficient (Wildman–Crippen LogP) is 0.327. The molecule has 1 aromatic heterocycles. The number of anilines is 1. The molecule has 0 bridgehead atoms. The number of rotatable bonds is 3. The van der Waals surface area contributed by atoms with Crippen molar-refractivity contribution in [2.45, 2.75) is 25.4 Å². The number of nitrogens with one attached hydrogen (secondary N) is 1. The molecule has 1 aromatic rings. The van der Waals surface area contributed by atoms with Gasteiger partial charge < -0.3 is 15.8 Å². The Morgan fingerprint density at radius 3 is 3.00 bits per heavy atom. The number of ether oxygens (including phenoxy) is 1. The van der Waals surface area contributed by atoms with Crippen molar-refractivity contribution in [1.82, 2.24) is 15.3 Å². The summed E-state index contributed by atoms with van der Waals surface area (Å²) in [5.41, 5.74) is 5.57. The van der Waals surface area contributed by atoms with Gasteiger partial charge in [-0.25, -0.2) is 9.97 Å². The maximum Gasteiger partial charge on any atom is 0.144 e. The highest BCUT2D eigenvalue weighted by atomic mass is 16.5. The second kappa shape index (κ2) is 5.04. The highest BCUT2D eigenvalue weighted by molar-refractivity contribution is 5.24. The molecular weight excluding hydrogens is 192 g/mol. The van der Waals surface area contributed by atoms with Crippen LogP contribution in [0.15, 0.2) is 12.3 Å². The second-order valence-corrected chi connectivity index (χ2v) is 3.67. The third-order valence-corrected chi connectivity index (χ3v) is 2.50. The van der Waals surface area contributed by atoms with E-state index in [1.54, 1.807) is 12.3 Å². The molecule has 0 spiro atoms. The first-order valence-corrected chi connectivity index (χ1v) is 5.23. The molecule has 5 nitrogen and oxygen atoms in total. The van der Waals surface area contributed by atoms with Crippen molar-refractivity contribution in [2.24, 2.45) is 0 Å². The average molecular weight is 208 g/mol. The highest BCUT2D eigenvalue weighted by Gasteiger charge is 2.13. The van der Waals surface area contributed by atoms with Gasteiger partial charge in [-0.2, -0.15) is 0 Å². The van der Waals surface area contributed by atoms with Crippen molar-refractivity contribution in [3.8, 4) is 0 Å². The normalized spacial score (nSPS) is 17.9. The highest BCUT2D eigenvalue weighted by Crippen LogP contribution is 2.06. The molecule has 82 valence electrons.